The van der Waals surface area contributed by atoms with Gasteiger partial charge in [-0.2, -0.15) is 11.3 Å². The molecule has 6 heteroatoms. The molecule has 2 saturated heterocycles. The van der Waals surface area contributed by atoms with Gasteiger partial charge in [0.25, 0.3) is 0 Å². The topological polar surface area (TPSA) is 50.8 Å². The van der Waals surface area contributed by atoms with Gasteiger partial charge in [-0.25, -0.2) is 4.79 Å². The minimum absolute atomic E-state index is 0.0269. The van der Waals surface area contributed by atoms with Gasteiger partial charge < -0.3 is 19.7 Å². The number of carbonyl (C=O) groups excluding carboxylic acids is 1. The predicted octanol–water partition coefficient (Wildman–Crippen LogP) is 2.86. The summed E-state index contributed by atoms with van der Waals surface area (Å²) in [6, 6.07) is 2.27. The number of ether oxygens (including phenoxy) is 2. The van der Waals surface area contributed by atoms with Gasteiger partial charge in [0.2, 0.25) is 0 Å². The summed E-state index contributed by atoms with van der Waals surface area (Å²) < 4.78 is 11.6. The molecule has 3 heterocycles. The molecule has 0 radical (unpaired) electrons. The Hall–Kier alpha value is -1.11. The maximum atomic E-state index is 12.5. The predicted molar refractivity (Wildman–Crippen MR) is 90.6 cm³/mol. The maximum Gasteiger partial charge on any atom is 0.317 e. The van der Waals surface area contributed by atoms with E-state index in [1.54, 1.807) is 11.3 Å². The molecule has 0 spiro atoms. The number of likely N-dealkylation sites (tertiary alicyclic amines) is 1. The Morgan fingerprint density at radius 3 is 3.00 bits per heavy atom. The third kappa shape index (κ3) is 4.05. The van der Waals surface area contributed by atoms with Crippen LogP contribution in [0.3, 0.4) is 0 Å². The lowest BCUT2D eigenvalue weighted by atomic mass is 9.90. The number of urea groups is 1. The van der Waals surface area contributed by atoms with Gasteiger partial charge in [-0.05, 0) is 55.5 Å². The second kappa shape index (κ2) is 7.20. The molecule has 2 amide bonds. The number of nitrogens with zero attached hydrogens (tertiary/aromatic N) is 1. The van der Waals surface area contributed by atoms with Gasteiger partial charge in [-0.15, -0.1) is 0 Å². The number of hydrogen-bond acceptors (Lipinski definition) is 4. The highest BCUT2D eigenvalue weighted by Gasteiger charge is 2.42. The fraction of sp³-hybridized carbons (Fsp3) is 0.706. The molecule has 1 aromatic heterocycles. The molecule has 0 bridgehead atoms. The summed E-state index contributed by atoms with van der Waals surface area (Å²) in [5.41, 5.74) is 1.28. The molecule has 1 aromatic rings. The number of hydrogen-bond donors (Lipinski definition) is 1. The van der Waals surface area contributed by atoms with Gasteiger partial charge in [0.15, 0.2) is 5.79 Å². The molecule has 0 unspecified atom stereocenters. The standard InChI is InChI=1S/C17H26N2O3S/c1-13(10-14-5-9-23-12-14)18-16(20)19-6-3-4-15(11-19)17(2)21-7-8-22-17/h5,9,12-13,15H,3-4,6-8,10-11H2,1-2H3,(H,18,20)/t13-,15+/m1/s1. The fourth-order valence-electron chi connectivity index (χ4n) is 3.47. The summed E-state index contributed by atoms with van der Waals surface area (Å²) in [5.74, 6) is -0.280. The minimum atomic E-state index is -0.527. The van der Waals surface area contributed by atoms with Crippen LogP contribution < -0.4 is 5.32 Å². The number of rotatable bonds is 4. The highest BCUT2D eigenvalue weighted by Crippen LogP contribution is 2.34. The largest absolute Gasteiger partial charge is 0.347 e. The first-order valence-corrected chi connectivity index (χ1v) is 9.35. The molecule has 128 valence electrons. The number of thiophene rings is 1. The van der Waals surface area contributed by atoms with Crippen molar-refractivity contribution in [1.82, 2.24) is 10.2 Å². The Balaban J connectivity index is 1.52. The molecule has 2 aliphatic rings. The maximum absolute atomic E-state index is 12.5. The smallest absolute Gasteiger partial charge is 0.317 e. The van der Waals surface area contributed by atoms with Crippen molar-refractivity contribution in [2.75, 3.05) is 26.3 Å². The lowest BCUT2D eigenvalue weighted by Crippen LogP contribution is -2.52. The lowest BCUT2D eigenvalue weighted by Gasteiger charge is -2.40. The van der Waals surface area contributed by atoms with Gasteiger partial charge in [-0.1, -0.05) is 0 Å². The van der Waals surface area contributed by atoms with E-state index >= 15 is 0 Å². The van der Waals surface area contributed by atoms with Crippen LogP contribution in [0.25, 0.3) is 0 Å². The minimum Gasteiger partial charge on any atom is -0.347 e. The molecule has 0 saturated carbocycles. The summed E-state index contributed by atoms with van der Waals surface area (Å²) >= 11 is 1.69. The van der Waals surface area contributed by atoms with Gasteiger partial charge in [0.1, 0.15) is 0 Å². The molecule has 3 rings (SSSR count). The summed E-state index contributed by atoms with van der Waals surface area (Å²) in [5, 5.41) is 7.33. The molecule has 2 atom stereocenters. The van der Waals surface area contributed by atoms with E-state index in [4.69, 9.17) is 9.47 Å². The SMILES string of the molecule is C[C@H](Cc1ccsc1)NC(=O)N1CCC[C@H](C2(C)OCCO2)C1. The lowest BCUT2D eigenvalue weighted by molar-refractivity contribution is -0.189. The summed E-state index contributed by atoms with van der Waals surface area (Å²) in [6.07, 6.45) is 2.92. The van der Waals surface area contributed by atoms with Crippen molar-refractivity contribution < 1.29 is 14.3 Å². The van der Waals surface area contributed by atoms with Crippen molar-refractivity contribution in [2.24, 2.45) is 5.92 Å². The summed E-state index contributed by atoms with van der Waals surface area (Å²) in [7, 11) is 0. The zero-order valence-corrected chi connectivity index (χ0v) is 14.7. The van der Waals surface area contributed by atoms with Crippen molar-refractivity contribution in [3.05, 3.63) is 22.4 Å². The molecule has 1 N–H and O–H groups in total. The first-order chi connectivity index (χ1) is 11.1. The van der Waals surface area contributed by atoms with Crippen LogP contribution >= 0.6 is 11.3 Å². The number of nitrogens with one attached hydrogen (secondary N) is 1. The number of amides is 2. The Kier molecular flexibility index (Phi) is 5.24. The van der Waals surface area contributed by atoms with Crippen LogP contribution in [0.5, 0.6) is 0 Å². The fourth-order valence-corrected chi connectivity index (χ4v) is 4.15. The van der Waals surface area contributed by atoms with Crippen LogP contribution in [0, 0.1) is 5.92 Å². The number of piperidine rings is 1. The van der Waals surface area contributed by atoms with E-state index in [0.717, 1.165) is 25.8 Å². The Morgan fingerprint density at radius 1 is 1.52 bits per heavy atom. The van der Waals surface area contributed by atoms with E-state index in [2.05, 4.69) is 29.1 Å². The molecule has 2 fully saturated rings. The van der Waals surface area contributed by atoms with E-state index in [0.29, 0.717) is 19.8 Å². The van der Waals surface area contributed by atoms with Gasteiger partial charge in [0.05, 0.1) is 13.2 Å². The van der Waals surface area contributed by atoms with Crippen LogP contribution in [0.4, 0.5) is 4.79 Å². The van der Waals surface area contributed by atoms with Crippen LogP contribution in [-0.4, -0.2) is 49.1 Å². The highest BCUT2D eigenvalue weighted by molar-refractivity contribution is 7.07. The average molecular weight is 338 g/mol. The molecule has 23 heavy (non-hydrogen) atoms. The average Bonchev–Trinajstić information content (AvgIpc) is 3.20. The van der Waals surface area contributed by atoms with Gasteiger partial charge >= 0.3 is 6.03 Å². The van der Waals surface area contributed by atoms with Crippen LogP contribution in [0.2, 0.25) is 0 Å². The van der Waals surface area contributed by atoms with E-state index < -0.39 is 5.79 Å². The number of carbonyl (C=O) groups is 1. The van der Waals surface area contributed by atoms with Crippen molar-refractivity contribution in [1.29, 1.82) is 0 Å². The van der Waals surface area contributed by atoms with Crippen molar-refractivity contribution in [3.63, 3.8) is 0 Å². The molecule has 2 aliphatic heterocycles. The van der Waals surface area contributed by atoms with E-state index in [1.165, 1.54) is 5.56 Å². The third-order valence-electron chi connectivity index (χ3n) is 4.80. The molecular formula is C17H26N2O3S. The van der Waals surface area contributed by atoms with Crippen molar-refractivity contribution in [3.8, 4) is 0 Å². The molecule has 0 aliphatic carbocycles. The van der Waals surface area contributed by atoms with E-state index in [-0.39, 0.29) is 18.0 Å². The second-order valence-electron chi connectivity index (χ2n) is 6.68. The molecule has 0 aromatic carbocycles. The quantitative estimate of drug-likeness (QED) is 0.918. The van der Waals surface area contributed by atoms with Crippen LogP contribution in [-0.2, 0) is 15.9 Å². The van der Waals surface area contributed by atoms with Crippen LogP contribution in [0.1, 0.15) is 32.3 Å². The first kappa shape index (κ1) is 16.7. The van der Waals surface area contributed by atoms with Crippen molar-refractivity contribution >= 4 is 17.4 Å². The molecule has 5 nitrogen and oxygen atoms in total. The van der Waals surface area contributed by atoms with Gasteiger partial charge in [0, 0.05) is 25.0 Å². The second-order valence-corrected chi connectivity index (χ2v) is 7.46. The summed E-state index contributed by atoms with van der Waals surface area (Å²) in [6.45, 7) is 6.87. The highest BCUT2D eigenvalue weighted by atomic mass is 32.1. The van der Waals surface area contributed by atoms with Crippen molar-refractivity contribution in [2.45, 2.75) is 44.9 Å². The molecular weight excluding hydrogens is 312 g/mol. The Bertz CT molecular complexity index is 514. The third-order valence-corrected chi connectivity index (χ3v) is 5.53. The first-order valence-electron chi connectivity index (χ1n) is 8.41. The van der Waals surface area contributed by atoms with Gasteiger partial charge in [-0.3, -0.25) is 0 Å². The zero-order chi connectivity index (χ0) is 16.3. The van der Waals surface area contributed by atoms with Crippen LogP contribution in [0.15, 0.2) is 16.8 Å². The summed E-state index contributed by atoms with van der Waals surface area (Å²) in [4.78, 5) is 14.4. The Morgan fingerprint density at radius 2 is 2.30 bits per heavy atom. The van der Waals surface area contributed by atoms with E-state index in [1.807, 2.05) is 11.8 Å². The normalized spacial score (nSPS) is 25.3. The monoisotopic (exact) mass is 338 g/mol. The Labute approximate surface area is 142 Å². The van der Waals surface area contributed by atoms with E-state index in [9.17, 15) is 4.79 Å². The zero-order valence-electron chi connectivity index (χ0n) is 13.9.